The molecule has 1 saturated carbocycles. The van der Waals surface area contributed by atoms with E-state index in [1.54, 1.807) is 11.3 Å². The van der Waals surface area contributed by atoms with Crippen LogP contribution in [0.25, 0.3) is 5.69 Å². The van der Waals surface area contributed by atoms with Crippen LogP contribution in [-0.4, -0.2) is 69.7 Å². The Morgan fingerprint density at radius 2 is 2.08 bits per heavy atom. The Balaban J connectivity index is 0.00000252. The highest BCUT2D eigenvalue weighted by Crippen LogP contribution is 2.40. The fraction of sp³-hybridized carbons (Fsp3) is 0.360. The number of hydrazone groups is 1. The zero-order chi connectivity index (χ0) is 24.2. The van der Waals surface area contributed by atoms with Crippen LogP contribution in [0.3, 0.4) is 0 Å². The third-order valence-electron chi connectivity index (χ3n) is 7.00. The quantitative estimate of drug-likeness (QED) is 0.566. The van der Waals surface area contributed by atoms with E-state index in [1.165, 1.54) is 12.8 Å². The van der Waals surface area contributed by atoms with E-state index in [4.69, 9.17) is 4.74 Å². The molecule has 2 N–H and O–H groups in total. The van der Waals surface area contributed by atoms with Crippen molar-refractivity contribution in [3.05, 3.63) is 59.9 Å². The number of anilines is 2. The Labute approximate surface area is 209 Å². The lowest BCUT2D eigenvalue weighted by Gasteiger charge is -2.34. The number of rotatable bonds is 5. The molecule has 36 heavy (non-hydrogen) atoms. The monoisotopic (exact) mass is 487 g/mol. The molecule has 7 rings (SSSR count). The second-order valence-electron chi connectivity index (χ2n) is 9.56. The van der Waals surface area contributed by atoms with Crippen LogP contribution in [0.15, 0.2) is 48.1 Å². The van der Waals surface area contributed by atoms with Crippen LogP contribution < -0.4 is 20.5 Å². The van der Waals surface area contributed by atoms with E-state index in [0.717, 1.165) is 48.0 Å². The summed E-state index contributed by atoms with van der Waals surface area (Å²) in [6.07, 6.45) is 9.28. The second kappa shape index (κ2) is 8.23. The molecule has 1 saturated heterocycles. The maximum atomic E-state index is 13.4. The Hall–Kier alpha value is -4.12. The van der Waals surface area contributed by atoms with E-state index in [1.807, 2.05) is 47.2 Å². The van der Waals surface area contributed by atoms with Crippen LogP contribution in [0.1, 0.15) is 48.4 Å². The molecule has 4 aliphatic rings. The minimum Gasteiger partial charge on any atom is -0.489 e. The summed E-state index contributed by atoms with van der Waals surface area (Å²) >= 11 is 0. The van der Waals surface area contributed by atoms with Gasteiger partial charge in [0.1, 0.15) is 12.3 Å². The first-order chi connectivity index (χ1) is 17.6. The van der Waals surface area contributed by atoms with E-state index in [0.29, 0.717) is 36.2 Å². The minimum atomic E-state index is -0.296. The van der Waals surface area contributed by atoms with E-state index in [9.17, 15) is 4.79 Å². The van der Waals surface area contributed by atoms with Crippen molar-refractivity contribution in [2.24, 2.45) is 5.10 Å². The molecule has 11 nitrogen and oxygen atoms in total. The number of carbonyl (C=O) groups is 1. The Kier molecular flexibility index (Phi) is 4.84. The molecule has 3 aliphatic heterocycles. The number of nitrogens with one attached hydrogen (secondary N) is 2. The van der Waals surface area contributed by atoms with Gasteiger partial charge in [0.15, 0.2) is 11.6 Å². The summed E-state index contributed by atoms with van der Waals surface area (Å²) in [6, 6.07) is 7.52. The maximum absolute atomic E-state index is 13.4. The number of hydrogen-bond acceptors (Lipinski definition) is 9. The highest BCUT2D eigenvalue weighted by molar-refractivity contribution is 6.08. The lowest BCUT2D eigenvalue weighted by atomic mass is 10.1. The molecule has 0 spiro atoms. The highest BCUT2D eigenvalue weighted by atomic mass is 16.5. The molecule has 0 bridgehead atoms. The fourth-order valence-electron chi connectivity index (χ4n) is 4.82. The van der Waals surface area contributed by atoms with Crippen LogP contribution in [0.4, 0.5) is 11.4 Å². The van der Waals surface area contributed by atoms with E-state index in [-0.39, 0.29) is 7.33 Å². The number of hydrazine groups is 2. The summed E-state index contributed by atoms with van der Waals surface area (Å²) in [6.45, 7) is 3.06. The second-order valence-corrected chi connectivity index (χ2v) is 9.56. The SMILES string of the molecule is CN1N=C2c3cccc(NC(=O)c4cc(-n5cnc(C6CC6)c5)c(N5CCC5)cn4)c3OCCN2N1.[HH]. The average molecular weight is 488 g/mol. The number of aromatic nitrogens is 3. The lowest BCUT2D eigenvalue weighted by molar-refractivity contribution is 0.102. The number of ether oxygens (including phenoxy) is 1. The van der Waals surface area contributed by atoms with Crippen LogP contribution in [0.5, 0.6) is 5.75 Å². The molecule has 0 atom stereocenters. The van der Waals surface area contributed by atoms with Gasteiger partial charge in [0.05, 0.1) is 47.4 Å². The van der Waals surface area contributed by atoms with Gasteiger partial charge in [-0.1, -0.05) is 6.07 Å². The summed E-state index contributed by atoms with van der Waals surface area (Å²) in [5, 5.41) is 11.2. The third kappa shape index (κ3) is 3.63. The average Bonchev–Trinajstić information content (AvgIpc) is 3.50. The van der Waals surface area contributed by atoms with Gasteiger partial charge < -0.3 is 19.5 Å². The molecular weight excluding hydrogens is 458 g/mol. The van der Waals surface area contributed by atoms with Crippen molar-refractivity contribution >= 4 is 23.1 Å². The fourth-order valence-corrected chi connectivity index (χ4v) is 4.82. The summed E-state index contributed by atoms with van der Waals surface area (Å²) in [7, 11) is 1.84. The molecule has 1 aliphatic carbocycles. The molecule has 5 heterocycles. The van der Waals surface area contributed by atoms with Gasteiger partial charge in [-0.3, -0.25) is 9.80 Å². The minimum absolute atomic E-state index is 0. The zero-order valence-corrected chi connectivity index (χ0v) is 20.0. The van der Waals surface area contributed by atoms with Crippen molar-refractivity contribution in [2.45, 2.75) is 25.2 Å². The Morgan fingerprint density at radius 1 is 1.19 bits per heavy atom. The van der Waals surface area contributed by atoms with E-state index < -0.39 is 0 Å². The largest absolute Gasteiger partial charge is 0.489 e. The number of amides is 1. The summed E-state index contributed by atoms with van der Waals surface area (Å²) in [5.74, 6) is 1.62. The summed E-state index contributed by atoms with van der Waals surface area (Å²) in [4.78, 5) is 24.8. The smallest absolute Gasteiger partial charge is 0.274 e. The van der Waals surface area contributed by atoms with Gasteiger partial charge in [0, 0.05) is 33.7 Å². The zero-order valence-electron chi connectivity index (χ0n) is 20.0. The van der Waals surface area contributed by atoms with Crippen molar-refractivity contribution in [3.8, 4) is 11.4 Å². The number of carbonyl (C=O) groups excluding carboxylic acids is 1. The first-order valence-corrected chi connectivity index (χ1v) is 12.4. The van der Waals surface area contributed by atoms with Crippen molar-refractivity contribution in [1.82, 2.24) is 30.2 Å². The first-order valence-electron chi connectivity index (χ1n) is 12.4. The number of benzene rings is 1. The van der Waals surface area contributed by atoms with Crippen LogP contribution in [0.2, 0.25) is 0 Å². The van der Waals surface area contributed by atoms with Crippen LogP contribution in [0, 0.1) is 0 Å². The predicted octanol–water partition coefficient (Wildman–Crippen LogP) is 2.57. The molecule has 186 valence electrons. The van der Waals surface area contributed by atoms with Gasteiger partial charge in [-0.05, 0) is 37.5 Å². The van der Waals surface area contributed by atoms with Crippen molar-refractivity contribution in [2.75, 3.05) is 43.5 Å². The number of para-hydroxylation sites is 1. The number of nitrogens with zero attached hydrogens (tertiary/aromatic N) is 7. The number of pyridine rings is 1. The first kappa shape index (κ1) is 21.2. The van der Waals surface area contributed by atoms with Gasteiger partial charge in [-0.2, -0.15) is 0 Å². The topological polar surface area (TPSA) is 103 Å². The van der Waals surface area contributed by atoms with Gasteiger partial charge in [0.25, 0.3) is 5.91 Å². The van der Waals surface area contributed by atoms with Crippen molar-refractivity contribution in [1.29, 1.82) is 0 Å². The number of imidazole rings is 1. The van der Waals surface area contributed by atoms with E-state index in [2.05, 4.69) is 37.0 Å². The lowest BCUT2D eigenvalue weighted by Crippen LogP contribution is -2.42. The highest BCUT2D eigenvalue weighted by Gasteiger charge is 2.30. The number of amidine groups is 1. The van der Waals surface area contributed by atoms with Gasteiger partial charge >= 0.3 is 0 Å². The molecule has 2 aromatic heterocycles. The van der Waals surface area contributed by atoms with Crippen molar-refractivity contribution < 1.29 is 11.0 Å². The van der Waals surface area contributed by atoms with E-state index >= 15 is 0 Å². The molecule has 1 amide bonds. The molecule has 2 fully saturated rings. The molecule has 0 unspecified atom stereocenters. The van der Waals surface area contributed by atoms with Crippen LogP contribution >= 0.6 is 0 Å². The summed E-state index contributed by atoms with van der Waals surface area (Å²) < 4.78 is 8.07. The standard InChI is InChI=1S/C25H27N9O2.H2/c1-31-29-24-17-4-2-5-18(23(17)36-11-10-34(24)30-31)28-25(35)19-12-21(22(13-26-19)32-8-3-9-32)33-14-20(27-15-33)16-6-7-16;/h2,4-5,12-16,30H,3,6-11H2,1H3,(H,28,35);1H. The summed E-state index contributed by atoms with van der Waals surface area (Å²) in [5.41, 5.74) is 7.94. The van der Waals surface area contributed by atoms with Gasteiger partial charge in [-0.15, -0.1) is 10.6 Å². The Morgan fingerprint density at radius 3 is 2.89 bits per heavy atom. The molecule has 1 aromatic carbocycles. The normalized spacial score (nSPS) is 18.6. The van der Waals surface area contributed by atoms with Gasteiger partial charge in [0.2, 0.25) is 0 Å². The van der Waals surface area contributed by atoms with Crippen molar-refractivity contribution in [3.63, 3.8) is 0 Å². The third-order valence-corrected chi connectivity index (χ3v) is 7.00. The number of fused-ring (bicyclic) bond motifs is 3. The van der Waals surface area contributed by atoms with Gasteiger partial charge in [-0.25, -0.2) is 15.1 Å². The Bertz CT molecular complexity index is 1380. The molecular formula is C25H29N9O2. The molecule has 3 aromatic rings. The molecule has 11 heteroatoms. The van der Waals surface area contributed by atoms with Crippen LogP contribution in [-0.2, 0) is 0 Å². The predicted molar refractivity (Wildman–Crippen MR) is 136 cm³/mol. The number of hydrogen-bond donors (Lipinski definition) is 2. The molecule has 0 radical (unpaired) electrons. The maximum Gasteiger partial charge on any atom is 0.274 e.